The highest BCUT2D eigenvalue weighted by Gasteiger charge is 2.18. The summed E-state index contributed by atoms with van der Waals surface area (Å²) in [4.78, 5) is 7.89. The van der Waals surface area contributed by atoms with Crippen molar-refractivity contribution in [1.82, 2.24) is 9.88 Å². The molecule has 86 valence electrons. The van der Waals surface area contributed by atoms with Crippen LogP contribution in [0.4, 0.5) is 5.13 Å². The van der Waals surface area contributed by atoms with E-state index in [9.17, 15) is 0 Å². The molecule has 0 aromatic carbocycles. The lowest BCUT2D eigenvalue weighted by molar-refractivity contribution is 0.154. The Morgan fingerprint density at radius 3 is 3.00 bits per heavy atom. The van der Waals surface area contributed by atoms with Crippen LogP contribution in [0.2, 0.25) is 0 Å². The van der Waals surface area contributed by atoms with Gasteiger partial charge in [0.2, 0.25) is 0 Å². The number of nitrogen functional groups attached to an aromatic ring is 1. The number of hydrogen-bond donors (Lipinski definition) is 1. The highest BCUT2D eigenvalue weighted by atomic mass is 35.5. The molecule has 2 N–H and O–H groups in total. The van der Waals surface area contributed by atoms with Crippen molar-refractivity contribution in [1.29, 1.82) is 0 Å². The number of likely N-dealkylation sites (tertiary alicyclic amines) is 1. The van der Waals surface area contributed by atoms with Crippen LogP contribution in [-0.4, -0.2) is 22.5 Å². The van der Waals surface area contributed by atoms with Crippen LogP contribution in [0, 0.1) is 0 Å². The van der Waals surface area contributed by atoms with Gasteiger partial charge < -0.3 is 5.73 Å². The van der Waals surface area contributed by atoms with Crippen LogP contribution in [0.1, 0.15) is 31.1 Å². The number of rotatable bonds is 2. The summed E-state index contributed by atoms with van der Waals surface area (Å²) < 4.78 is 0. The van der Waals surface area contributed by atoms with Crippen molar-refractivity contribution in [2.24, 2.45) is 0 Å². The van der Waals surface area contributed by atoms with Crippen LogP contribution in [0.25, 0.3) is 0 Å². The topological polar surface area (TPSA) is 42.2 Å². The van der Waals surface area contributed by atoms with Crippen molar-refractivity contribution in [3.05, 3.63) is 11.1 Å². The second-order valence-electron chi connectivity index (χ2n) is 3.98. The van der Waals surface area contributed by atoms with E-state index in [0.29, 0.717) is 11.2 Å². The Bertz CT molecular complexity index is 303. The first-order valence-corrected chi connectivity index (χ1v) is 6.01. The fraction of sp³-hybridized carbons (Fsp3) is 0.700. The highest BCUT2D eigenvalue weighted by Crippen LogP contribution is 2.22. The molecule has 3 nitrogen and oxygen atoms in total. The number of aromatic nitrogens is 1. The van der Waals surface area contributed by atoms with Gasteiger partial charge >= 0.3 is 0 Å². The molecular formula is C10H18ClN3S. The number of nitrogens with zero attached hydrogens (tertiary/aromatic N) is 2. The van der Waals surface area contributed by atoms with Gasteiger partial charge in [0, 0.05) is 23.7 Å². The first kappa shape index (κ1) is 12.7. The molecule has 1 fully saturated rings. The van der Waals surface area contributed by atoms with Crippen molar-refractivity contribution in [2.75, 3.05) is 12.3 Å². The number of halogens is 1. The monoisotopic (exact) mass is 247 g/mol. The van der Waals surface area contributed by atoms with E-state index in [1.54, 1.807) is 11.3 Å². The average Bonchev–Trinajstić information content (AvgIpc) is 2.56. The van der Waals surface area contributed by atoms with Gasteiger partial charge in [0.1, 0.15) is 0 Å². The Morgan fingerprint density at radius 2 is 2.40 bits per heavy atom. The Labute approximate surface area is 101 Å². The molecule has 1 atom stereocenters. The van der Waals surface area contributed by atoms with Gasteiger partial charge in [-0.2, -0.15) is 0 Å². The smallest absolute Gasteiger partial charge is 0.180 e. The fourth-order valence-electron chi connectivity index (χ4n) is 1.99. The normalized spacial score (nSPS) is 22.3. The summed E-state index contributed by atoms with van der Waals surface area (Å²) >= 11 is 1.61. The molecule has 0 amide bonds. The van der Waals surface area contributed by atoms with Crippen molar-refractivity contribution in [2.45, 2.75) is 38.8 Å². The van der Waals surface area contributed by atoms with Gasteiger partial charge in [-0.15, -0.1) is 23.7 Å². The molecular weight excluding hydrogens is 230 g/mol. The molecule has 0 radical (unpaired) electrons. The van der Waals surface area contributed by atoms with Gasteiger partial charge in [-0.25, -0.2) is 4.98 Å². The zero-order valence-electron chi connectivity index (χ0n) is 8.98. The van der Waals surface area contributed by atoms with Crippen LogP contribution >= 0.6 is 23.7 Å². The van der Waals surface area contributed by atoms with Crippen LogP contribution < -0.4 is 5.73 Å². The molecule has 0 bridgehead atoms. The van der Waals surface area contributed by atoms with Gasteiger partial charge in [-0.3, -0.25) is 4.90 Å². The summed E-state index contributed by atoms with van der Waals surface area (Å²) in [6.45, 7) is 4.55. The summed E-state index contributed by atoms with van der Waals surface area (Å²) in [5.41, 5.74) is 5.61. The van der Waals surface area contributed by atoms with Crippen molar-refractivity contribution >= 4 is 28.9 Å². The van der Waals surface area contributed by atoms with E-state index >= 15 is 0 Å². The van der Waals surface area contributed by atoms with Gasteiger partial charge in [0.05, 0.1) is 0 Å². The van der Waals surface area contributed by atoms with E-state index < -0.39 is 0 Å². The fourth-order valence-corrected chi connectivity index (χ4v) is 2.70. The third kappa shape index (κ3) is 3.33. The summed E-state index contributed by atoms with van der Waals surface area (Å²) in [7, 11) is 0. The average molecular weight is 248 g/mol. The Morgan fingerprint density at radius 1 is 1.60 bits per heavy atom. The molecule has 1 aromatic heterocycles. The van der Waals surface area contributed by atoms with Crippen LogP contribution in [0.3, 0.4) is 0 Å². The molecule has 2 rings (SSSR count). The molecule has 0 spiro atoms. The quantitative estimate of drug-likeness (QED) is 0.873. The maximum Gasteiger partial charge on any atom is 0.180 e. The second-order valence-corrected chi connectivity index (χ2v) is 5.13. The Hall–Kier alpha value is -0.320. The van der Waals surface area contributed by atoms with E-state index in [4.69, 9.17) is 5.73 Å². The second kappa shape index (κ2) is 5.68. The van der Waals surface area contributed by atoms with E-state index in [1.165, 1.54) is 30.7 Å². The Balaban J connectivity index is 0.00000112. The first-order valence-electron chi connectivity index (χ1n) is 5.20. The molecule has 1 saturated heterocycles. The largest absolute Gasteiger partial charge is 0.375 e. The zero-order chi connectivity index (χ0) is 9.97. The standard InChI is InChI=1S/C10H17N3S.ClH/c1-8-4-2-3-5-13(8)7-9-6-12-10(11)14-9;/h6,8H,2-5,7H2,1H3,(H2,11,12);1H. The van der Waals surface area contributed by atoms with E-state index in [0.717, 1.165) is 6.54 Å². The number of thiazole rings is 1. The lowest BCUT2D eigenvalue weighted by atomic mass is 10.0. The molecule has 1 aliphatic rings. The van der Waals surface area contributed by atoms with Crippen molar-refractivity contribution in [3.63, 3.8) is 0 Å². The minimum Gasteiger partial charge on any atom is -0.375 e. The number of anilines is 1. The van der Waals surface area contributed by atoms with Crippen LogP contribution in [0.15, 0.2) is 6.20 Å². The van der Waals surface area contributed by atoms with Crippen molar-refractivity contribution in [3.8, 4) is 0 Å². The first-order chi connectivity index (χ1) is 6.75. The zero-order valence-corrected chi connectivity index (χ0v) is 10.6. The third-order valence-electron chi connectivity index (χ3n) is 2.87. The number of nitrogens with two attached hydrogens (primary N) is 1. The minimum atomic E-state index is 0. The van der Waals surface area contributed by atoms with E-state index in [2.05, 4.69) is 16.8 Å². The Kier molecular flexibility index (Phi) is 4.83. The molecule has 15 heavy (non-hydrogen) atoms. The molecule has 1 aliphatic heterocycles. The lowest BCUT2D eigenvalue weighted by Gasteiger charge is -2.32. The van der Waals surface area contributed by atoms with Crippen LogP contribution in [0.5, 0.6) is 0 Å². The van der Waals surface area contributed by atoms with Gasteiger partial charge in [-0.05, 0) is 26.3 Å². The maximum atomic E-state index is 5.61. The van der Waals surface area contributed by atoms with Crippen molar-refractivity contribution < 1.29 is 0 Å². The SMILES string of the molecule is CC1CCCCN1Cc1cnc(N)s1.Cl. The van der Waals surface area contributed by atoms with Gasteiger partial charge in [0.15, 0.2) is 5.13 Å². The third-order valence-corrected chi connectivity index (χ3v) is 3.68. The van der Waals surface area contributed by atoms with Gasteiger partial charge in [0.25, 0.3) is 0 Å². The highest BCUT2D eigenvalue weighted by molar-refractivity contribution is 7.15. The predicted octanol–water partition coefficient (Wildman–Crippen LogP) is 2.52. The molecule has 0 aliphatic carbocycles. The minimum absolute atomic E-state index is 0. The summed E-state index contributed by atoms with van der Waals surface area (Å²) in [5.74, 6) is 0. The maximum absolute atomic E-state index is 5.61. The number of hydrogen-bond acceptors (Lipinski definition) is 4. The van der Waals surface area contributed by atoms with Crippen LogP contribution in [-0.2, 0) is 6.54 Å². The summed E-state index contributed by atoms with van der Waals surface area (Å²) in [5, 5.41) is 0.685. The van der Waals surface area contributed by atoms with Gasteiger partial charge in [-0.1, -0.05) is 6.42 Å². The molecule has 1 unspecified atom stereocenters. The molecule has 5 heteroatoms. The number of piperidine rings is 1. The van der Waals surface area contributed by atoms with E-state index in [1.807, 2.05) is 6.20 Å². The molecule has 2 heterocycles. The molecule has 0 saturated carbocycles. The summed E-state index contributed by atoms with van der Waals surface area (Å²) in [6, 6.07) is 0.715. The molecule has 1 aromatic rings. The van der Waals surface area contributed by atoms with E-state index in [-0.39, 0.29) is 12.4 Å². The summed E-state index contributed by atoms with van der Waals surface area (Å²) in [6.07, 6.45) is 5.94. The predicted molar refractivity (Wildman–Crippen MR) is 67.5 cm³/mol. The lowest BCUT2D eigenvalue weighted by Crippen LogP contribution is -2.36.